The maximum atomic E-state index is 12.2. The van der Waals surface area contributed by atoms with Gasteiger partial charge in [-0.15, -0.1) is 0 Å². The molecule has 0 radical (unpaired) electrons. The van der Waals surface area contributed by atoms with Crippen molar-refractivity contribution < 1.29 is 4.79 Å². The first-order valence-electron chi connectivity index (χ1n) is 6.44. The molecule has 0 aromatic rings. The van der Waals surface area contributed by atoms with Crippen molar-refractivity contribution in [3.8, 4) is 0 Å². The number of likely N-dealkylation sites (N-methyl/N-ethyl adjacent to an activating group) is 1. The molecule has 4 nitrogen and oxygen atoms in total. The van der Waals surface area contributed by atoms with Crippen LogP contribution in [0.15, 0.2) is 0 Å². The van der Waals surface area contributed by atoms with Gasteiger partial charge in [0.05, 0.1) is 6.04 Å². The van der Waals surface area contributed by atoms with E-state index in [0.29, 0.717) is 11.9 Å². The lowest BCUT2D eigenvalue weighted by molar-refractivity contribution is -0.135. The lowest BCUT2D eigenvalue weighted by Crippen LogP contribution is -2.56. The highest BCUT2D eigenvalue weighted by atomic mass is 16.2. The molecule has 2 fully saturated rings. The van der Waals surface area contributed by atoms with Crippen molar-refractivity contribution in [2.75, 3.05) is 33.2 Å². The topological polar surface area (TPSA) is 35.6 Å². The Morgan fingerprint density at radius 2 is 2.25 bits per heavy atom. The van der Waals surface area contributed by atoms with Gasteiger partial charge in [-0.25, -0.2) is 0 Å². The highest BCUT2D eigenvalue weighted by molar-refractivity contribution is 5.82. The summed E-state index contributed by atoms with van der Waals surface area (Å²) in [4.78, 5) is 16.6. The molecular weight excluding hydrogens is 202 g/mol. The molecule has 2 aliphatic rings. The molecule has 4 heteroatoms. The monoisotopic (exact) mass is 225 g/mol. The SMILES string of the molecule is CCC1CN(C(=O)[C@H]2CCCN2)CCN1C. The Morgan fingerprint density at radius 3 is 2.88 bits per heavy atom. The average molecular weight is 225 g/mol. The van der Waals surface area contributed by atoms with E-state index < -0.39 is 0 Å². The Bertz CT molecular complexity index is 251. The minimum Gasteiger partial charge on any atom is -0.338 e. The van der Waals surface area contributed by atoms with Crippen LogP contribution in [0, 0.1) is 0 Å². The second kappa shape index (κ2) is 5.15. The van der Waals surface area contributed by atoms with E-state index in [0.717, 1.165) is 45.4 Å². The number of amides is 1. The molecule has 92 valence electrons. The van der Waals surface area contributed by atoms with Crippen molar-refractivity contribution in [3.63, 3.8) is 0 Å². The zero-order valence-electron chi connectivity index (χ0n) is 10.4. The Kier molecular flexibility index (Phi) is 3.82. The van der Waals surface area contributed by atoms with Crippen LogP contribution in [0.3, 0.4) is 0 Å². The minimum absolute atomic E-state index is 0.0981. The third-order valence-electron chi connectivity index (χ3n) is 3.92. The van der Waals surface area contributed by atoms with Crippen molar-refractivity contribution in [2.24, 2.45) is 0 Å². The predicted molar refractivity (Wildman–Crippen MR) is 64.3 cm³/mol. The first-order chi connectivity index (χ1) is 7.72. The summed E-state index contributed by atoms with van der Waals surface area (Å²) < 4.78 is 0. The number of rotatable bonds is 2. The number of nitrogens with zero attached hydrogens (tertiary/aromatic N) is 2. The van der Waals surface area contributed by atoms with Gasteiger partial charge in [0.15, 0.2) is 0 Å². The molecule has 1 unspecified atom stereocenters. The molecule has 0 spiro atoms. The van der Waals surface area contributed by atoms with Crippen LogP contribution in [-0.2, 0) is 4.79 Å². The summed E-state index contributed by atoms with van der Waals surface area (Å²) in [5.41, 5.74) is 0. The van der Waals surface area contributed by atoms with E-state index >= 15 is 0 Å². The quantitative estimate of drug-likeness (QED) is 0.734. The van der Waals surface area contributed by atoms with Crippen molar-refractivity contribution in [2.45, 2.75) is 38.3 Å². The third-order valence-corrected chi connectivity index (χ3v) is 3.92. The summed E-state index contributed by atoms with van der Waals surface area (Å²) in [5.74, 6) is 0.323. The largest absolute Gasteiger partial charge is 0.338 e. The van der Waals surface area contributed by atoms with Crippen molar-refractivity contribution in [1.82, 2.24) is 15.1 Å². The van der Waals surface area contributed by atoms with Gasteiger partial charge in [-0.1, -0.05) is 6.92 Å². The van der Waals surface area contributed by atoms with Gasteiger partial charge in [0.25, 0.3) is 0 Å². The molecule has 16 heavy (non-hydrogen) atoms. The van der Waals surface area contributed by atoms with E-state index in [9.17, 15) is 4.79 Å². The highest BCUT2D eigenvalue weighted by Crippen LogP contribution is 2.14. The Morgan fingerprint density at radius 1 is 1.44 bits per heavy atom. The molecular formula is C12H23N3O. The molecule has 2 heterocycles. The average Bonchev–Trinajstić information content (AvgIpc) is 2.82. The molecule has 0 aliphatic carbocycles. The zero-order chi connectivity index (χ0) is 11.5. The standard InChI is InChI=1S/C12H23N3O/c1-3-10-9-15(8-7-14(10)2)12(16)11-5-4-6-13-11/h10-11,13H,3-9H2,1-2H3/t10?,11-/m1/s1. The first kappa shape index (κ1) is 11.9. The lowest BCUT2D eigenvalue weighted by Gasteiger charge is -2.40. The van der Waals surface area contributed by atoms with Crippen molar-refractivity contribution >= 4 is 5.91 Å². The van der Waals surface area contributed by atoms with Gasteiger partial charge in [0.1, 0.15) is 0 Å². The molecule has 1 amide bonds. The predicted octanol–water partition coefficient (Wildman–Crippen LogP) is 0.291. The molecule has 2 atom stereocenters. The first-order valence-corrected chi connectivity index (χ1v) is 6.44. The number of nitrogens with one attached hydrogen (secondary N) is 1. The second-order valence-corrected chi connectivity index (χ2v) is 4.98. The summed E-state index contributed by atoms with van der Waals surface area (Å²) in [6.45, 7) is 6.01. The number of carbonyl (C=O) groups is 1. The Hall–Kier alpha value is -0.610. The molecule has 2 saturated heterocycles. The van der Waals surface area contributed by atoms with Gasteiger partial charge in [-0.2, -0.15) is 0 Å². The van der Waals surface area contributed by atoms with Crippen LogP contribution in [0.5, 0.6) is 0 Å². The van der Waals surface area contributed by atoms with E-state index in [2.05, 4.69) is 29.1 Å². The summed E-state index contributed by atoms with van der Waals surface area (Å²) in [7, 11) is 2.16. The minimum atomic E-state index is 0.0981. The van der Waals surface area contributed by atoms with E-state index in [1.54, 1.807) is 0 Å². The number of piperazine rings is 1. The van der Waals surface area contributed by atoms with Gasteiger partial charge in [0.2, 0.25) is 5.91 Å². The van der Waals surface area contributed by atoms with Gasteiger partial charge in [0, 0.05) is 25.7 Å². The molecule has 0 saturated carbocycles. The Labute approximate surface area is 98.0 Å². The molecule has 2 rings (SSSR count). The van der Waals surface area contributed by atoms with Crippen LogP contribution >= 0.6 is 0 Å². The summed E-state index contributed by atoms with van der Waals surface area (Å²) >= 11 is 0. The highest BCUT2D eigenvalue weighted by Gasteiger charge is 2.31. The van der Waals surface area contributed by atoms with E-state index in [1.165, 1.54) is 0 Å². The molecule has 1 N–H and O–H groups in total. The van der Waals surface area contributed by atoms with E-state index in [1.807, 2.05) is 0 Å². The molecule has 2 aliphatic heterocycles. The van der Waals surface area contributed by atoms with E-state index in [-0.39, 0.29) is 6.04 Å². The second-order valence-electron chi connectivity index (χ2n) is 4.98. The van der Waals surface area contributed by atoms with Crippen LogP contribution in [-0.4, -0.2) is 61.0 Å². The lowest BCUT2D eigenvalue weighted by atomic mass is 10.1. The van der Waals surface area contributed by atoms with Crippen LogP contribution in [0.2, 0.25) is 0 Å². The molecule has 0 aromatic heterocycles. The van der Waals surface area contributed by atoms with E-state index in [4.69, 9.17) is 0 Å². The van der Waals surface area contributed by atoms with Crippen LogP contribution in [0.4, 0.5) is 0 Å². The summed E-state index contributed by atoms with van der Waals surface area (Å²) in [5, 5.41) is 3.29. The summed E-state index contributed by atoms with van der Waals surface area (Å²) in [6.07, 6.45) is 3.28. The van der Waals surface area contributed by atoms with Crippen LogP contribution < -0.4 is 5.32 Å². The molecule has 0 aromatic carbocycles. The van der Waals surface area contributed by atoms with Gasteiger partial charge < -0.3 is 10.2 Å². The van der Waals surface area contributed by atoms with Gasteiger partial charge in [-0.05, 0) is 32.9 Å². The summed E-state index contributed by atoms with van der Waals surface area (Å²) in [6, 6.07) is 0.639. The number of hydrogen-bond donors (Lipinski definition) is 1. The van der Waals surface area contributed by atoms with Crippen molar-refractivity contribution in [3.05, 3.63) is 0 Å². The maximum absolute atomic E-state index is 12.2. The van der Waals surface area contributed by atoms with Crippen LogP contribution in [0.25, 0.3) is 0 Å². The van der Waals surface area contributed by atoms with Crippen LogP contribution in [0.1, 0.15) is 26.2 Å². The fourth-order valence-electron chi connectivity index (χ4n) is 2.70. The fraction of sp³-hybridized carbons (Fsp3) is 0.917. The van der Waals surface area contributed by atoms with Gasteiger partial charge >= 0.3 is 0 Å². The van der Waals surface area contributed by atoms with Gasteiger partial charge in [-0.3, -0.25) is 9.69 Å². The Balaban J connectivity index is 1.91. The fourth-order valence-corrected chi connectivity index (χ4v) is 2.70. The third kappa shape index (κ3) is 2.38. The number of carbonyl (C=O) groups excluding carboxylic acids is 1. The normalized spacial score (nSPS) is 32.0. The van der Waals surface area contributed by atoms with Crippen molar-refractivity contribution in [1.29, 1.82) is 0 Å². The maximum Gasteiger partial charge on any atom is 0.239 e. The molecule has 0 bridgehead atoms. The number of hydrogen-bond acceptors (Lipinski definition) is 3. The zero-order valence-corrected chi connectivity index (χ0v) is 10.4. The smallest absolute Gasteiger partial charge is 0.239 e.